The Labute approximate surface area is 130 Å². The maximum atomic E-state index is 12.6. The maximum Gasteiger partial charge on any atom is 0.257 e. The molecule has 1 saturated carbocycles. The van der Waals surface area contributed by atoms with E-state index in [9.17, 15) is 4.79 Å². The molecule has 1 aromatic rings. The molecule has 0 radical (unpaired) electrons. The minimum Gasteiger partial charge on any atom is -0.480 e. The van der Waals surface area contributed by atoms with Gasteiger partial charge in [-0.1, -0.05) is 37.9 Å². The van der Waals surface area contributed by atoms with Crippen molar-refractivity contribution in [2.75, 3.05) is 7.11 Å². The summed E-state index contributed by atoms with van der Waals surface area (Å²) in [4.78, 5) is 17.0. The van der Waals surface area contributed by atoms with Gasteiger partial charge < -0.3 is 15.8 Å². The first kappa shape index (κ1) is 15.7. The van der Waals surface area contributed by atoms with Crippen LogP contribution in [0.4, 0.5) is 0 Å². The minimum atomic E-state index is -0.593. The van der Waals surface area contributed by atoms with E-state index < -0.39 is 5.54 Å². The second-order valence-electron chi connectivity index (χ2n) is 5.37. The van der Waals surface area contributed by atoms with Crippen molar-refractivity contribution in [1.82, 2.24) is 10.3 Å². The third kappa shape index (κ3) is 3.50. The monoisotopic (exact) mass is 307 g/mol. The van der Waals surface area contributed by atoms with E-state index >= 15 is 0 Å². The summed E-state index contributed by atoms with van der Waals surface area (Å²) in [5, 5.41) is 3.04. The Morgan fingerprint density at radius 3 is 2.62 bits per heavy atom. The zero-order valence-electron chi connectivity index (χ0n) is 12.2. The number of pyridine rings is 1. The van der Waals surface area contributed by atoms with Crippen LogP contribution in [0.15, 0.2) is 18.3 Å². The molecule has 1 fully saturated rings. The van der Waals surface area contributed by atoms with Gasteiger partial charge >= 0.3 is 0 Å². The molecule has 3 N–H and O–H groups in total. The molecule has 5 nitrogen and oxygen atoms in total. The zero-order valence-corrected chi connectivity index (χ0v) is 13.0. The van der Waals surface area contributed by atoms with Crippen molar-refractivity contribution in [2.45, 2.75) is 44.1 Å². The zero-order chi connectivity index (χ0) is 15.3. The molecular formula is C15H21N3O2S. The van der Waals surface area contributed by atoms with Crippen molar-refractivity contribution in [2.24, 2.45) is 5.73 Å². The molecule has 114 valence electrons. The third-order valence-corrected chi connectivity index (χ3v) is 4.38. The average molecular weight is 307 g/mol. The molecule has 0 saturated heterocycles. The van der Waals surface area contributed by atoms with Gasteiger partial charge in [0, 0.05) is 6.20 Å². The van der Waals surface area contributed by atoms with E-state index in [2.05, 4.69) is 10.3 Å². The van der Waals surface area contributed by atoms with Crippen LogP contribution in [0.3, 0.4) is 0 Å². The predicted octanol–water partition coefficient (Wildman–Crippen LogP) is 2.20. The number of thiocarbonyl (C=S) groups is 1. The molecule has 0 bridgehead atoms. The molecule has 0 atom stereocenters. The quantitative estimate of drug-likeness (QED) is 0.658. The van der Waals surface area contributed by atoms with Crippen LogP contribution in [0.5, 0.6) is 5.88 Å². The maximum absolute atomic E-state index is 12.6. The van der Waals surface area contributed by atoms with Crippen LogP contribution < -0.4 is 15.8 Å². The molecule has 1 aliphatic carbocycles. The van der Waals surface area contributed by atoms with Gasteiger partial charge in [0.2, 0.25) is 5.88 Å². The standard InChI is InChI=1S/C15H21N3O2S/c1-20-13-11(7-6-10-17-13)12(19)18-15(14(16)21)8-4-2-3-5-9-15/h6-7,10H,2-5,8-9H2,1H3,(H2,16,21)(H,18,19). The summed E-state index contributed by atoms with van der Waals surface area (Å²) < 4.78 is 5.14. The van der Waals surface area contributed by atoms with Gasteiger partial charge in [0.1, 0.15) is 5.56 Å². The highest BCUT2D eigenvalue weighted by molar-refractivity contribution is 7.80. The number of nitrogens with two attached hydrogens (primary N) is 1. The number of carbonyl (C=O) groups is 1. The van der Waals surface area contributed by atoms with Gasteiger partial charge in [-0.15, -0.1) is 0 Å². The van der Waals surface area contributed by atoms with Gasteiger partial charge in [0.25, 0.3) is 5.91 Å². The van der Waals surface area contributed by atoms with Gasteiger partial charge in [-0.25, -0.2) is 4.98 Å². The Hall–Kier alpha value is -1.69. The average Bonchev–Trinajstić information content (AvgIpc) is 2.73. The van der Waals surface area contributed by atoms with Gasteiger partial charge in [0.15, 0.2) is 0 Å². The largest absolute Gasteiger partial charge is 0.480 e. The van der Waals surface area contributed by atoms with Crippen LogP contribution in [0.2, 0.25) is 0 Å². The summed E-state index contributed by atoms with van der Waals surface area (Å²) in [6.07, 6.45) is 7.49. The van der Waals surface area contributed by atoms with Crippen LogP contribution >= 0.6 is 12.2 Å². The number of aromatic nitrogens is 1. The first-order chi connectivity index (χ1) is 10.1. The summed E-state index contributed by atoms with van der Waals surface area (Å²) >= 11 is 5.23. The molecule has 21 heavy (non-hydrogen) atoms. The predicted molar refractivity (Wildman–Crippen MR) is 85.5 cm³/mol. The third-order valence-electron chi connectivity index (χ3n) is 3.99. The summed E-state index contributed by atoms with van der Waals surface area (Å²) in [5.41, 5.74) is 5.75. The molecular weight excluding hydrogens is 286 g/mol. The lowest BCUT2D eigenvalue weighted by molar-refractivity contribution is 0.0913. The summed E-state index contributed by atoms with van der Waals surface area (Å²) in [6.45, 7) is 0. The molecule has 2 rings (SSSR count). The number of carbonyl (C=O) groups excluding carboxylic acids is 1. The summed E-state index contributed by atoms with van der Waals surface area (Å²) in [6, 6.07) is 3.39. The molecule has 0 unspecified atom stereocenters. The molecule has 1 heterocycles. The van der Waals surface area contributed by atoms with Gasteiger partial charge in [-0.05, 0) is 25.0 Å². The fourth-order valence-electron chi connectivity index (χ4n) is 2.78. The van der Waals surface area contributed by atoms with Crippen LogP contribution in [0, 0.1) is 0 Å². The van der Waals surface area contributed by atoms with Crippen molar-refractivity contribution < 1.29 is 9.53 Å². The molecule has 1 aliphatic rings. The lowest BCUT2D eigenvalue weighted by Gasteiger charge is -2.33. The Kier molecular flexibility index (Phi) is 5.12. The second kappa shape index (κ2) is 6.85. The number of hydrogen-bond acceptors (Lipinski definition) is 4. The summed E-state index contributed by atoms with van der Waals surface area (Å²) in [5.74, 6) is 0.0661. The van der Waals surface area contributed by atoms with Crippen LogP contribution in [-0.4, -0.2) is 28.5 Å². The van der Waals surface area contributed by atoms with E-state index in [4.69, 9.17) is 22.7 Å². The van der Waals surface area contributed by atoms with E-state index in [1.165, 1.54) is 7.11 Å². The Balaban J connectivity index is 2.24. The number of methoxy groups -OCH3 is 1. The fraction of sp³-hybridized carbons (Fsp3) is 0.533. The normalized spacial score (nSPS) is 17.6. The Bertz CT molecular complexity index is 525. The van der Waals surface area contributed by atoms with E-state index in [0.29, 0.717) is 16.4 Å². The first-order valence-corrected chi connectivity index (χ1v) is 7.61. The number of amides is 1. The minimum absolute atomic E-state index is 0.241. The number of ether oxygens (including phenoxy) is 1. The fourth-order valence-corrected chi connectivity index (χ4v) is 3.03. The van der Waals surface area contributed by atoms with E-state index in [1.807, 2.05) is 0 Å². The molecule has 6 heteroatoms. The number of nitrogens with one attached hydrogen (secondary N) is 1. The molecule has 1 aromatic heterocycles. The SMILES string of the molecule is COc1ncccc1C(=O)NC1(C(N)=S)CCCCCC1. The van der Waals surface area contributed by atoms with E-state index in [0.717, 1.165) is 38.5 Å². The lowest BCUT2D eigenvalue weighted by atomic mass is 9.89. The van der Waals surface area contributed by atoms with E-state index in [-0.39, 0.29) is 5.91 Å². The Morgan fingerprint density at radius 2 is 2.05 bits per heavy atom. The molecule has 1 amide bonds. The van der Waals surface area contributed by atoms with E-state index in [1.54, 1.807) is 18.3 Å². The number of rotatable bonds is 4. The van der Waals surface area contributed by atoms with Crippen molar-refractivity contribution in [3.05, 3.63) is 23.9 Å². The van der Waals surface area contributed by atoms with Crippen molar-refractivity contribution >= 4 is 23.1 Å². The Morgan fingerprint density at radius 1 is 1.38 bits per heavy atom. The van der Waals surface area contributed by atoms with Gasteiger partial charge in [-0.3, -0.25) is 4.79 Å². The number of hydrogen-bond donors (Lipinski definition) is 2. The second-order valence-corrected chi connectivity index (χ2v) is 5.81. The molecule has 0 spiro atoms. The smallest absolute Gasteiger partial charge is 0.257 e. The highest BCUT2D eigenvalue weighted by Crippen LogP contribution is 2.28. The van der Waals surface area contributed by atoms with Crippen molar-refractivity contribution in [3.63, 3.8) is 0 Å². The molecule has 0 aromatic carbocycles. The van der Waals surface area contributed by atoms with Crippen molar-refractivity contribution in [1.29, 1.82) is 0 Å². The van der Waals surface area contributed by atoms with Gasteiger partial charge in [-0.2, -0.15) is 0 Å². The highest BCUT2D eigenvalue weighted by Gasteiger charge is 2.36. The van der Waals surface area contributed by atoms with Crippen molar-refractivity contribution in [3.8, 4) is 5.88 Å². The van der Waals surface area contributed by atoms with Crippen LogP contribution in [0.1, 0.15) is 48.9 Å². The lowest BCUT2D eigenvalue weighted by Crippen LogP contribution is -2.56. The number of nitrogens with zero attached hydrogens (tertiary/aromatic N) is 1. The topological polar surface area (TPSA) is 77.2 Å². The van der Waals surface area contributed by atoms with Crippen LogP contribution in [0.25, 0.3) is 0 Å². The molecule has 0 aliphatic heterocycles. The summed E-state index contributed by atoms with van der Waals surface area (Å²) in [7, 11) is 1.49. The highest BCUT2D eigenvalue weighted by atomic mass is 32.1. The van der Waals surface area contributed by atoms with Gasteiger partial charge in [0.05, 0.1) is 17.6 Å². The van der Waals surface area contributed by atoms with Crippen LogP contribution in [-0.2, 0) is 0 Å². The first-order valence-electron chi connectivity index (χ1n) is 7.20.